The zero-order valence-electron chi connectivity index (χ0n) is 14.7. The van der Waals surface area contributed by atoms with Crippen LogP contribution in [0.2, 0.25) is 5.02 Å². The van der Waals surface area contributed by atoms with Crippen molar-refractivity contribution in [2.24, 2.45) is 0 Å². The van der Waals surface area contributed by atoms with E-state index in [0.29, 0.717) is 22.1 Å². The van der Waals surface area contributed by atoms with E-state index in [1.807, 2.05) is 39.0 Å². The van der Waals surface area contributed by atoms with Gasteiger partial charge in [0, 0.05) is 16.8 Å². The molecule has 0 aromatic heterocycles. The summed E-state index contributed by atoms with van der Waals surface area (Å²) in [6.07, 6.45) is -0.293. The summed E-state index contributed by atoms with van der Waals surface area (Å²) in [5.41, 5.74) is 4.04. The van der Waals surface area contributed by atoms with Crippen molar-refractivity contribution in [2.75, 3.05) is 17.7 Å². The number of nitrogens with one attached hydrogen (secondary N) is 2. The molecular formula is C19H21ClN2O3. The molecule has 2 aromatic rings. The fourth-order valence-electron chi connectivity index (χ4n) is 2.35. The van der Waals surface area contributed by atoms with E-state index >= 15 is 0 Å². The van der Waals surface area contributed by atoms with Gasteiger partial charge in [-0.15, -0.1) is 0 Å². The maximum Gasteiger partial charge on any atom is 0.233 e. The molecule has 0 atom stereocenters. The first-order valence-corrected chi connectivity index (χ1v) is 8.19. The smallest absolute Gasteiger partial charge is 0.233 e. The Morgan fingerprint density at radius 1 is 1.00 bits per heavy atom. The van der Waals surface area contributed by atoms with Crippen LogP contribution in [0, 0.1) is 20.8 Å². The summed E-state index contributed by atoms with van der Waals surface area (Å²) >= 11 is 6.05. The number of halogens is 1. The molecule has 5 nitrogen and oxygen atoms in total. The van der Waals surface area contributed by atoms with Gasteiger partial charge in [0.2, 0.25) is 11.8 Å². The second-order valence-corrected chi connectivity index (χ2v) is 6.23. The van der Waals surface area contributed by atoms with Crippen LogP contribution >= 0.6 is 11.6 Å². The Hall–Kier alpha value is -2.53. The predicted molar refractivity (Wildman–Crippen MR) is 101 cm³/mol. The average Bonchev–Trinajstić information content (AvgIpc) is 2.54. The van der Waals surface area contributed by atoms with Crippen LogP contribution < -0.4 is 15.4 Å². The van der Waals surface area contributed by atoms with E-state index < -0.39 is 5.91 Å². The van der Waals surface area contributed by atoms with Crippen LogP contribution in [0.3, 0.4) is 0 Å². The first-order valence-electron chi connectivity index (χ1n) is 7.82. The van der Waals surface area contributed by atoms with Gasteiger partial charge in [0.15, 0.2) is 0 Å². The van der Waals surface area contributed by atoms with Crippen molar-refractivity contribution in [1.29, 1.82) is 0 Å². The summed E-state index contributed by atoms with van der Waals surface area (Å²) < 4.78 is 5.21. The number of carbonyl (C=O) groups is 2. The second-order valence-electron chi connectivity index (χ2n) is 5.82. The minimum atomic E-state index is -0.428. The van der Waals surface area contributed by atoms with Gasteiger partial charge in [0.05, 0.1) is 12.8 Å². The Morgan fingerprint density at radius 2 is 1.64 bits per heavy atom. The fourth-order valence-corrected chi connectivity index (χ4v) is 2.50. The van der Waals surface area contributed by atoms with Crippen molar-refractivity contribution in [2.45, 2.75) is 27.2 Å². The van der Waals surface area contributed by atoms with E-state index in [0.717, 1.165) is 16.7 Å². The summed E-state index contributed by atoms with van der Waals surface area (Å²) in [4.78, 5) is 24.3. The Labute approximate surface area is 152 Å². The molecule has 0 radical (unpaired) electrons. The quantitative estimate of drug-likeness (QED) is 0.783. The fraction of sp³-hybridized carbons (Fsp3) is 0.263. The van der Waals surface area contributed by atoms with Crippen molar-refractivity contribution in [3.8, 4) is 5.75 Å². The highest BCUT2D eigenvalue weighted by Crippen LogP contribution is 2.31. The lowest BCUT2D eigenvalue weighted by molar-refractivity contribution is -0.123. The molecule has 0 unspecified atom stereocenters. The number of benzene rings is 2. The number of hydrogen-bond donors (Lipinski definition) is 2. The number of ether oxygens (including phenoxy) is 1. The molecule has 2 aromatic carbocycles. The van der Waals surface area contributed by atoms with Crippen molar-refractivity contribution in [1.82, 2.24) is 0 Å². The standard InChI is InChI=1S/C19H21ClN2O3/c1-11-6-5-7-15(13(11)3)21-18(23)10-19(24)22-16-8-12(2)14(20)9-17(16)25-4/h5-9H,10H2,1-4H3,(H,21,23)(H,22,24). The van der Waals surface area contributed by atoms with Gasteiger partial charge in [-0.3, -0.25) is 9.59 Å². The minimum absolute atomic E-state index is 0.293. The third kappa shape index (κ3) is 4.73. The molecule has 0 spiro atoms. The number of anilines is 2. The third-order valence-electron chi connectivity index (χ3n) is 3.95. The topological polar surface area (TPSA) is 67.4 Å². The van der Waals surface area contributed by atoms with E-state index in [4.69, 9.17) is 16.3 Å². The van der Waals surface area contributed by atoms with Crippen LogP contribution in [0.25, 0.3) is 0 Å². The van der Waals surface area contributed by atoms with Crippen molar-refractivity contribution in [3.05, 3.63) is 52.0 Å². The molecule has 6 heteroatoms. The first-order chi connectivity index (χ1) is 11.8. The van der Waals surface area contributed by atoms with Crippen molar-refractivity contribution in [3.63, 3.8) is 0 Å². The van der Waals surface area contributed by atoms with Crippen LogP contribution in [0.15, 0.2) is 30.3 Å². The third-order valence-corrected chi connectivity index (χ3v) is 4.36. The van der Waals surface area contributed by atoms with Crippen LogP contribution in [-0.2, 0) is 9.59 Å². The number of aryl methyl sites for hydroxylation is 2. The van der Waals surface area contributed by atoms with Gasteiger partial charge in [0.25, 0.3) is 0 Å². The molecule has 0 aliphatic carbocycles. The summed E-state index contributed by atoms with van der Waals surface area (Å²) in [5.74, 6) is -0.363. The number of rotatable bonds is 5. The van der Waals surface area contributed by atoms with E-state index in [-0.39, 0.29) is 12.3 Å². The first kappa shape index (κ1) is 18.8. The van der Waals surface area contributed by atoms with Crippen LogP contribution in [0.5, 0.6) is 5.75 Å². The Morgan fingerprint density at radius 3 is 2.28 bits per heavy atom. The zero-order chi connectivity index (χ0) is 18.6. The van der Waals surface area contributed by atoms with Gasteiger partial charge in [-0.05, 0) is 49.6 Å². The molecule has 2 rings (SSSR count). The van der Waals surface area contributed by atoms with Gasteiger partial charge in [-0.25, -0.2) is 0 Å². The summed E-state index contributed by atoms with van der Waals surface area (Å²) in [6.45, 7) is 5.71. The molecule has 0 saturated carbocycles. The zero-order valence-corrected chi connectivity index (χ0v) is 15.5. The van der Waals surface area contributed by atoms with Gasteiger partial charge >= 0.3 is 0 Å². The molecule has 2 N–H and O–H groups in total. The summed E-state index contributed by atoms with van der Waals surface area (Å²) in [5, 5.41) is 6.00. The normalized spacial score (nSPS) is 10.3. The number of carbonyl (C=O) groups excluding carboxylic acids is 2. The van der Waals surface area contributed by atoms with E-state index in [1.54, 1.807) is 12.1 Å². The highest BCUT2D eigenvalue weighted by Gasteiger charge is 2.14. The van der Waals surface area contributed by atoms with E-state index in [2.05, 4.69) is 10.6 Å². The molecule has 0 aliphatic heterocycles. The highest BCUT2D eigenvalue weighted by molar-refractivity contribution is 6.31. The van der Waals surface area contributed by atoms with E-state index in [9.17, 15) is 9.59 Å². The lowest BCUT2D eigenvalue weighted by atomic mass is 10.1. The average molecular weight is 361 g/mol. The van der Waals surface area contributed by atoms with Gasteiger partial charge in [-0.2, -0.15) is 0 Å². The SMILES string of the molecule is COc1cc(Cl)c(C)cc1NC(=O)CC(=O)Nc1cccc(C)c1C. The summed E-state index contributed by atoms with van der Waals surface area (Å²) in [7, 11) is 1.49. The van der Waals surface area contributed by atoms with Gasteiger partial charge in [0.1, 0.15) is 12.2 Å². The predicted octanol–water partition coefficient (Wildman–Crippen LogP) is 4.24. The monoisotopic (exact) mass is 360 g/mol. The number of amides is 2. The molecule has 25 heavy (non-hydrogen) atoms. The lowest BCUT2D eigenvalue weighted by Gasteiger charge is -2.13. The van der Waals surface area contributed by atoms with E-state index in [1.165, 1.54) is 7.11 Å². The van der Waals surface area contributed by atoms with Crippen LogP contribution in [0.1, 0.15) is 23.1 Å². The Bertz CT molecular complexity index is 819. The van der Waals surface area contributed by atoms with Crippen LogP contribution in [0.4, 0.5) is 11.4 Å². The van der Waals surface area contributed by atoms with Gasteiger partial charge in [-0.1, -0.05) is 23.7 Å². The van der Waals surface area contributed by atoms with Gasteiger partial charge < -0.3 is 15.4 Å². The maximum atomic E-state index is 12.2. The molecule has 132 valence electrons. The molecule has 0 bridgehead atoms. The molecular weight excluding hydrogens is 340 g/mol. The van der Waals surface area contributed by atoms with Crippen molar-refractivity contribution < 1.29 is 14.3 Å². The molecule has 0 fully saturated rings. The molecule has 2 amide bonds. The Balaban J connectivity index is 2.04. The number of methoxy groups -OCH3 is 1. The second kappa shape index (κ2) is 8.03. The number of hydrogen-bond acceptors (Lipinski definition) is 3. The molecule has 0 aliphatic rings. The maximum absolute atomic E-state index is 12.2. The molecule has 0 saturated heterocycles. The summed E-state index contributed by atoms with van der Waals surface area (Å²) in [6, 6.07) is 8.97. The largest absolute Gasteiger partial charge is 0.495 e. The van der Waals surface area contributed by atoms with Crippen LogP contribution in [-0.4, -0.2) is 18.9 Å². The molecule has 0 heterocycles. The van der Waals surface area contributed by atoms with Crippen molar-refractivity contribution >= 4 is 34.8 Å². The Kier molecular flexibility index (Phi) is 6.04. The lowest BCUT2D eigenvalue weighted by Crippen LogP contribution is -2.22. The minimum Gasteiger partial charge on any atom is -0.495 e. The highest BCUT2D eigenvalue weighted by atomic mass is 35.5.